The highest BCUT2D eigenvalue weighted by Crippen LogP contribution is 2.27. The van der Waals surface area contributed by atoms with Crippen molar-refractivity contribution in [2.24, 2.45) is 0 Å². The zero-order valence-electron chi connectivity index (χ0n) is 12.4. The van der Waals surface area contributed by atoms with Crippen LogP contribution >= 0.6 is 11.6 Å². The van der Waals surface area contributed by atoms with Crippen molar-refractivity contribution in [2.75, 3.05) is 10.7 Å². The molecule has 0 radical (unpaired) electrons. The quantitative estimate of drug-likeness (QED) is 0.837. The fourth-order valence-electron chi connectivity index (χ4n) is 2.55. The van der Waals surface area contributed by atoms with Crippen molar-refractivity contribution in [3.05, 3.63) is 76.4 Å². The topological polar surface area (TPSA) is 54.5 Å². The zero-order chi connectivity index (χ0) is 17.3. The highest BCUT2D eigenvalue weighted by atomic mass is 35.5. The highest BCUT2D eigenvalue weighted by Gasteiger charge is 2.32. The van der Waals surface area contributed by atoms with Crippen LogP contribution in [0.25, 0.3) is 0 Å². The van der Waals surface area contributed by atoms with Crippen molar-refractivity contribution in [3.63, 3.8) is 0 Å². The van der Waals surface area contributed by atoms with Gasteiger partial charge in [0.05, 0.1) is 17.4 Å². The first kappa shape index (κ1) is 16.7. The molecule has 1 heterocycles. The first-order chi connectivity index (χ1) is 11.4. The summed E-state index contributed by atoms with van der Waals surface area (Å²) in [5, 5.41) is 1.56. The molecular formula is C17H13ClFNO3S. The average molecular weight is 366 g/mol. The van der Waals surface area contributed by atoms with Gasteiger partial charge in [-0.1, -0.05) is 23.7 Å². The number of rotatable bonds is 3. The van der Waals surface area contributed by atoms with E-state index in [-0.39, 0.29) is 11.3 Å². The van der Waals surface area contributed by atoms with Gasteiger partial charge in [0.25, 0.3) is 5.91 Å². The zero-order valence-corrected chi connectivity index (χ0v) is 14.0. The molecular weight excluding hydrogens is 353 g/mol. The fraction of sp³-hybridized carbons (Fsp3) is 0.118. The molecule has 3 rings (SSSR count). The first-order valence-corrected chi connectivity index (χ1v) is 9.21. The van der Waals surface area contributed by atoms with Gasteiger partial charge in [0.15, 0.2) is 9.84 Å². The lowest BCUT2D eigenvalue weighted by atomic mass is 10.1. The molecule has 24 heavy (non-hydrogen) atoms. The number of amides is 1. The molecule has 1 unspecified atom stereocenters. The number of sulfone groups is 1. The van der Waals surface area contributed by atoms with Crippen LogP contribution in [0.15, 0.2) is 60.0 Å². The number of benzene rings is 2. The second kappa shape index (κ2) is 6.37. The van der Waals surface area contributed by atoms with E-state index in [4.69, 9.17) is 11.6 Å². The molecule has 1 atom stereocenters. The number of nitrogens with zero attached hydrogens (tertiary/aromatic N) is 1. The standard InChI is InChI=1S/C17H13ClFNO3S/c18-12-5-7-13(8-6-12)20(14-9-10-24(22,23)11-14)17(21)15-3-1-2-4-16(15)19/h1-10,14H,11H2. The number of halogens is 2. The molecule has 2 aromatic rings. The minimum Gasteiger partial charge on any atom is -0.300 e. The molecule has 4 nitrogen and oxygen atoms in total. The Balaban J connectivity index is 2.05. The molecule has 124 valence electrons. The van der Waals surface area contributed by atoms with Crippen molar-refractivity contribution in [2.45, 2.75) is 6.04 Å². The van der Waals surface area contributed by atoms with Crippen molar-refractivity contribution >= 4 is 33.0 Å². The molecule has 0 N–H and O–H groups in total. The molecule has 0 saturated heterocycles. The van der Waals surface area contributed by atoms with Gasteiger partial charge in [0.1, 0.15) is 5.82 Å². The maximum Gasteiger partial charge on any atom is 0.261 e. The molecule has 2 aromatic carbocycles. The Hall–Kier alpha value is -2.18. The Kier molecular flexibility index (Phi) is 4.43. The van der Waals surface area contributed by atoms with Crippen LogP contribution in [0.4, 0.5) is 10.1 Å². The molecule has 1 aliphatic rings. The van der Waals surface area contributed by atoms with Crippen LogP contribution in [-0.2, 0) is 9.84 Å². The third kappa shape index (κ3) is 3.34. The van der Waals surface area contributed by atoms with Crippen molar-refractivity contribution < 1.29 is 17.6 Å². The molecule has 1 amide bonds. The number of hydrogen-bond acceptors (Lipinski definition) is 3. The third-order valence-corrected chi connectivity index (χ3v) is 5.30. The van der Waals surface area contributed by atoms with E-state index >= 15 is 0 Å². The van der Waals surface area contributed by atoms with Gasteiger partial charge in [-0.05, 0) is 42.5 Å². The van der Waals surface area contributed by atoms with E-state index in [9.17, 15) is 17.6 Å². The van der Waals surface area contributed by atoms with E-state index in [1.807, 2.05) is 0 Å². The van der Waals surface area contributed by atoms with Crippen molar-refractivity contribution in [3.8, 4) is 0 Å². The lowest BCUT2D eigenvalue weighted by Gasteiger charge is -2.28. The van der Waals surface area contributed by atoms with Gasteiger partial charge in [-0.25, -0.2) is 12.8 Å². The molecule has 0 fully saturated rings. The summed E-state index contributed by atoms with van der Waals surface area (Å²) in [6, 6.07) is 11.3. The smallest absolute Gasteiger partial charge is 0.261 e. The summed E-state index contributed by atoms with van der Waals surface area (Å²) in [7, 11) is -3.38. The Morgan fingerprint density at radius 3 is 2.38 bits per heavy atom. The Bertz CT molecular complexity index is 910. The maximum atomic E-state index is 14.0. The van der Waals surface area contributed by atoms with Crippen molar-refractivity contribution in [1.29, 1.82) is 0 Å². The minimum atomic E-state index is -3.38. The second-order valence-corrected chi connectivity index (χ2v) is 7.72. The van der Waals surface area contributed by atoms with Gasteiger partial charge in [0, 0.05) is 16.1 Å². The van der Waals surface area contributed by atoms with Gasteiger partial charge < -0.3 is 4.90 Å². The van der Waals surface area contributed by atoms with Gasteiger partial charge in [-0.3, -0.25) is 4.79 Å². The fourth-order valence-corrected chi connectivity index (χ4v) is 3.94. The highest BCUT2D eigenvalue weighted by molar-refractivity contribution is 7.94. The van der Waals surface area contributed by atoms with Crippen LogP contribution in [-0.4, -0.2) is 26.1 Å². The summed E-state index contributed by atoms with van der Waals surface area (Å²) < 4.78 is 37.5. The molecule has 0 aliphatic carbocycles. The average Bonchev–Trinajstić information content (AvgIpc) is 2.89. The third-order valence-electron chi connectivity index (χ3n) is 3.67. The second-order valence-electron chi connectivity index (χ2n) is 5.36. The summed E-state index contributed by atoms with van der Waals surface area (Å²) in [6.45, 7) is 0. The summed E-state index contributed by atoms with van der Waals surface area (Å²) in [5.41, 5.74) is 0.324. The van der Waals surface area contributed by atoms with Crippen molar-refractivity contribution in [1.82, 2.24) is 0 Å². The molecule has 0 saturated carbocycles. The van der Waals surface area contributed by atoms with Crippen LogP contribution in [0.5, 0.6) is 0 Å². The summed E-state index contributed by atoms with van der Waals surface area (Å²) in [4.78, 5) is 14.1. The monoisotopic (exact) mass is 365 g/mol. The summed E-state index contributed by atoms with van der Waals surface area (Å²) >= 11 is 5.87. The SMILES string of the molecule is O=C(c1ccccc1F)N(c1ccc(Cl)cc1)C1C=CS(=O)(=O)C1. The van der Waals surface area contributed by atoms with Crippen LogP contribution in [0.1, 0.15) is 10.4 Å². The molecule has 0 aromatic heterocycles. The number of carbonyl (C=O) groups is 1. The van der Waals surface area contributed by atoms with Crippen LogP contribution in [0.3, 0.4) is 0 Å². The molecule has 7 heteroatoms. The van der Waals surface area contributed by atoms with E-state index in [1.54, 1.807) is 30.3 Å². The van der Waals surface area contributed by atoms with E-state index in [2.05, 4.69) is 0 Å². The lowest BCUT2D eigenvalue weighted by Crippen LogP contribution is -2.41. The van der Waals surface area contributed by atoms with Gasteiger partial charge in [-0.2, -0.15) is 0 Å². The van der Waals surface area contributed by atoms with E-state index in [1.165, 1.54) is 29.2 Å². The van der Waals surface area contributed by atoms with Crippen LogP contribution in [0, 0.1) is 5.82 Å². The predicted octanol–water partition coefficient (Wildman–Crippen LogP) is 3.44. The van der Waals surface area contributed by atoms with Crippen LogP contribution < -0.4 is 4.90 Å². The lowest BCUT2D eigenvalue weighted by molar-refractivity contribution is 0.0979. The Morgan fingerprint density at radius 2 is 1.79 bits per heavy atom. The normalized spacial score (nSPS) is 18.5. The van der Waals surface area contributed by atoms with Crippen LogP contribution in [0.2, 0.25) is 5.02 Å². The summed E-state index contributed by atoms with van der Waals surface area (Å²) in [5.74, 6) is -1.51. The molecule has 0 bridgehead atoms. The van der Waals surface area contributed by atoms with E-state index in [0.29, 0.717) is 10.7 Å². The molecule has 1 aliphatic heterocycles. The summed E-state index contributed by atoms with van der Waals surface area (Å²) in [6.07, 6.45) is 1.43. The van der Waals surface area contributed by atoms with Gasteiger partial charge in [0.2, 0.25) is 0 Å². The number of anilines is 1. The maximum absolute atomic E-state index is 14.0. The Labute approximate surface area is 144 Å². The van der Waals surface area contributed by atoms with Gasteiger partial charge in [-0.15, -0.1) is 0 Å². The number of carbonyl (C=O) groups excluding carboxylic acids is 1. The van der Waals surface area contributed by atoms with E-state index in [0.717, 1.165) is 5.41 Å². The molecule has 0 spiro atoms. The Morgan fingerprint density at radius 1 is 1.12 bits per heavy atom. The van der Waals surface area contributed by atoms with E-state index < -0.39 is 27.6 Å². The number of hydrogen-bond donors (Lipinski definition) is 0. The first-order valence-electron chi connectivity index (χ1n) is 7.12. The van der Waals surface area contributed by atoms with Gasteiger partial charge >= 0.3 is 0 Å². The predicted molar refractivity (Wildman–Crippen MR) is 91.4 cm³/mol. The largest absolute Gasteiger partial charge is 0.300 e. The minimum absolute atomic E-state index is 0.120.